The monoisotopic (exact) mass is 347 g/mol. The van der Waals surface area contributed by atoms with E-state index < -0.39 is 0 Å². The Morgan fingerprint density at radius 1 is 1.12 bits per heavy atom. The summed E-state index contributed by atoms with van der Waals surface area (Å²) in [5.41, 5.74) is 16.5. The Labute approximate surface area is 147 Å². The predicted octanol–water partition coefficient (Wildman–Crippen LogP) is 4.02. The number of benzene rings is 2. The highest BCUT2D eigenvalue weighted by atomic mass is 19.1. The second-order valence-corrected chi connectivity index (χ2v) is 5.64. The largest absolute Gasteiger partial charge is 0.382 e. The first-order valence-electron chi connectivity index (χ1n) is 7.79. The Hall–Kier alpha value is -3.81. The Balaban J connectivity index is 1.87. The van der Waals surface area contributed by atoms with Crippen molar-refractivity contribution in [1.82, 2.24) is 9.38 Å². The van der Waals surface area contributed by atoms with Gasteiger partial charge in [0.15, 0.2) is 11.7 Å². The van der Waals surface area contributed by atoms with E-state index in [0.717, 1.165) is 16.7 Å². The molecule has 0 saturated heterocycles. The Morgan fingerprint density at radius 2 is 1.92 bits per heavy atom. The van der Waals surface area contributed by atoms with E-state index in [1.165, 1.54) is 12.1 Å². The van der Waals surface area contributed by atoms with Crippen LogP contribution in [0.5, 0.6) is 0 Å². The molecule has 0 unspecified atom stereocenters. The number of anilines is 2. The summed E-state index contributed by atoms with van der Waals surface area (Å²) in [5, 5.41) is 9.73. The molecule has 0 atom stereocenters. The standard InChI is InChI=1S/C18H14FN7/c19-12-4-6-13(7-5-12)22-18-16-2-1-9-26(16)15-8-3-11(10-14(15)23-18)17(20)24-25-21/h1-10H,(H,22,23)(H3,20,21,24). The van der Waals surface area contributed by atoms with Crippen LogP contribution in [0.3, 0.4) is 0 Å². The van der Waals surface area contributed by atoms with Crippen molar-refractivity contribution in [1.29, 1.82) is 5.53 Å². The van der Waals surface area contributed by atoms with Crippen molar-refractivity contribution in [3.8, 4) is 0 Å². The minimum atomic E-state index is -0.297. The van der Waals surface area contributed by atoms with Crippen LogP contribution in [0.15, 0.2) is 71.1 Å². The van der Waals surface area contributed by atoms with Gasteiger partial charge in [-0.05, 0) is 54.6 Å². The first-order chi connectivity index (χ1) is 12.7. The molecule has 2 heterocycles. The number of nitrogens with zero attached hydrogens (tertiary/aromatic N) is 4. The first kappa shape index (κ1) is 15.7. The molecule has 0 radical (unpaired) electrons. The lowest BCUT2D eigenvalue weighted by Gasteiger charge is -2.11. The number of hydrogen-bond donors (Lipinski definition) is 3. The molecule has 0 aliphatic heterocycles. The highest BCUT2D eigenvalue weighted by Crippen LogP contribution is 2.26. The Kier molecular flexibility index (Phi) is 3.77. The predicted molar refractivity (Wildman–Crippen MR) is 98.3 cm³/mol. The summed E-state index contributed by atoms with van der Waals surface area (Å²) in [5.74, 6) is 0.477. The van der Waals surface area contributed by atoms with Crippen LogP contribution in [0, 0.1) is 11.3 Å². The molecule has 0 bridgehead atoms. The minimum Gasteiger partial charge on any atom is -0.382 e. The summed E-state index contributed by atoms with van der Waals surface area (Å²) < 4.78 is 15.1. The van der Waals surface area contributed by atoms with Crippen molar-refractivity contribution < 1.29 is 4.39 Å². The number of halogens is 1. The fourth-order valence-corrected chi connectivity index (χ4v) is 2.81. The van der Waals surface area contributed by atoms with Gasteiger partial charge in [0.2, 0.25) is 0 Å². The number of amidine groups is 1. The molecule has 2 aromatic heterocycles. The average Bonchev–Trinajstić information content (AvgIpc) is 3.14. The van der Waals surface area contributed by atoms with Crippen molar-refractivity contribution >= 4 is 33.9 Å². The Bertz CT molecular complexity index is 1150. The van der Waals surface area contributed by atoms with Gasteiger partial charge in [-0.1, -0.05) is 5.22 Å². The minimum absolute atomic E-state index is 0.143. The number of nitrogens with two attached hydrogens (primary N) is 1. The molecular formula is C18H14FN7. The molecule has 4 aromatic rings. The molecule has 4 rings (SSSR count). The molecule has 2 aromatic carbocycles. The van der Waals surface area contributed by atoms with Gasteiger partial charge < -0.3 is 15.5 Å². The zero-order chi connectivity index (χ0) is 18.1. The van der Waals surface area contributed by atoms with Gasteiger partial charge in [0.1, 0.15) is 5.82 Å². The van der Waals surface area contributed by atoms with Crippen LogP contribution in [0.25, 0.3) is 16.6 Å². The van der Waals surface area contributed by atoms with E-state index in [1.807, 2.05) is 28.8 Å². The van der Waals surface area contributed by atoms with Crippen LogP contribution in [0.4, 0.5) is 15.9 Å². The number of rotatable bonds is 4. The van der Waals surface area contributed by atoms with E-state index in [9.17, 15) is 4.39 Å². The molecule has 0 aliphatic rings. The lowest BCUT2D eigenvalue weighted by Crippen LogP contribution is -2.12. The second kappa shape index (κ2) is 6.25. The second-order valence-electron chi connectivity index (χ2n) is 5.64. The topological polar surface area (TPSA) is 104 Å². The quantitative estimate of drug-likeness (QED) is 0.225. The molecule has 128 valence electrons. The molecule has 4 N–H and O–H groups in total. The van der Waals surface area contributed by atoms with Crippen molar-refractivity contribution in [2.75, 3.05) is 5.32 Å². The van der Waals surface area contributed by atoms with Gasteiger partial charge in [0.25, 0.3) is 0 Å². The van der Waals surface area contributed by atoms with Crippen molar-refractivity contribution in [2.45, 2.75) is 0 Å². The van der Waals surface area contributed by atoms with Gasteiger partial charge in [0.05, 0.1) is 16.6 Å². The number of nitrogens with one attached hydrogen (secondary N) is 2. The van der Waals surface area contributed by atoms with Crippen LogP contribution in [-0.2, 0) is 0 Å². The maximum atomic E-state index is 13.1. The lowest BCUT2D eigenvalue weighted by atomic mass is 10.1. The summed E-state index contributed by atoms with van der Waals surface area (Å²) in [6, 6.07) is 15.4. The molecule has 7 nitrogen and oxygen atoms in total. The number of hydrogen-bond acceptors (Lipinski definition) is 4. The fourth-order valence-electron chi connectivity index (χ4n) is 2.81. The summed E-state index contributed by atoms with van der Waals surface area (Å²) >= 11 is 0. The van der Waals surface area contributed by atoms with E-state index in [4.69, 9.17) is 11.3 Å². The van der Waals surface area contributed by atoms with Crippen LogP contribution in [-0.4, -0.2) is 15.2 Å². The van der Waals surface area contributed by atoms with Gasteiger partial charge >= 0.3 is 0 Å². The third-order valence-electron chi connectivity index (χ3n) is 4.02. The maximum absolute atomic E-state index is 13.1. The SMILES string of the molecule is N=NN=C(N)c1ccc2c(c1)nc(Nc1ccc(F)cc1)c1cccn12. The van der Waals surface area contributed by atoms with Crippen LogP contribution in [0.1, 0.15) is 5.56 Å². The van der Waals surface area contributed by atoms with E-state index >= 15 is 0 Å². The first-order valence-corrected chi connectivity index (χ1v) is 7.79. The van der Waals surface area contributed by atoms with Gasteiger partial charge in [-0.25, -0.2) is 9.37 Å². The van der Waals surface area contributed by atoms with Gasteiger partial charge in [-0.15, -0.1) is 5.10 Å². The summed E-state index contributed by atoms with van der Waals surface area (Å²) in [7, 11) is 0. The zero-order valence-corrected chi connectivity index (χ0v) is 13.5. The highest BCUT2D eigenvalue weighted by Gasteiger charge is 2.10. The van der Waals surface area contributed by atoms with Gasteiger partial charge in [0, 0.05) is 17.4 Å². The molecular weight excluding hydrogens is 333 g/mol. The molecule has 26 heavy (non-hydrogen) atoms. The summed E-state index contributed by atoms with van der Waals surface area (Å²) in [6.45, 7) is 0. The summed E-state index contributed by atoms with van der Waals surface area (Å²) in [4.78, 5) is 4.68. The van der Waals surface area contributed by atoms with E-state index in [2.05, 4.69) is 20.6 Å². The van der Waals surface area contributed by atoms with E-state index in [0.29, 0.717) is 16.9 Å². The molecule has 0 fully saturated rings. The molecule has 8 heteroatoms. The van der Waals surface area contributed by atoms with Crippen LogP contribution in [0.2, 0.25) is 0 Å². The van der Waals surface area contributed by atoms with Crippen molar-refractivity contribution in [2.24, 2.45) is 16.1 Å². The third-order valence-corrected chi connectivity index (χ3v) is 4.02. The smallest absolute Gasteiger partial charge is 0.155 e. The fraction of sp³-hybridized carbons (Fsp3) is 0. The Morgan fingerprint density at radius 3 is 2.69 bits per heavy atom. The lowest BCUT2D eigenvalue weighted by molar-refractivity contribution is 0.628. The normalized spacial score (nSPS) is 11.8. The van der Waals surface area contributed by atoms with Crippen LogP contribution < -0.4 is 11.1 Å². The molecule has 0 saturated carbocycles. The van der Waals surface area contributed by atoms with Gasteiger partial charge in [-0.3, -0.25) is 0 Å². The highest BCUT2D eigenvalue weighted by molar-refractivity contribution is 6.00. The van der Waals surface area contributed by atoms with Crippen molar-refractivity contribution in [3.05, 3.63) is 72.2 Å². The maximum Gasteiger partial charge on any atom is 0.155 e. The molecule has 0 amide bonds. The van der Waals surface area contributed by atoms with Crippen LogP contribution >= 0.6 is 0 Å². The van der Waals surface area contributed by atoms with E-state index in [1.54, 1.807) is 24.3 Å². The zero-order valence-electron chi connectivity index (χ0n) is 13.5. The third kappa shape index (κ3) is 2.73. The molecule has 0 spiro atoms. The van der Waals surface area contributed by atoms with Gasteiger partial charge in [-0.2, -0.15) is 5.53 Å². The van der Waals surface area contributed by atoms with Crippen molar-refractivity contribution in [3.63, 3.8) is 0 Å². The average molecular weight is 347 g/mol. The number of fused-ring (bicyclic) bond motifs is 3. The summed E-state index contributed by atoms with van der Waals surface area (Å²) in [6.07, 6.45) is 1.94. The molecule has 0 aliphatic carbocycles. The number of aromatic nitrogens is 2. The van der Waals surface area contributed by atoms with E-state index in [-0.39, 0.29) is 11.7 Å².